The molecule has 1 heterocycles. The van der Waals surface area contributed by atoms with Gasteiger partial charge in [0.05, 0.1) is 5.41 Å². The fourth-order valence-electron chi connectivity index (χ4n) is 2.46. The van der Waals surface area contributed by atoms with Gasteiger partial charge >= 0.3 is 5.97 Å². The van der Waals surface area contributed by atoms with Crippen molar-refractivity contribution in [1.82, 2.24) is 10.6 Å². The summed E-state index contributed by atoms with van der Waals surface area (Å²) in [5.74, 6) is -1.04. The first-order chi connectivity index (χ1) is 8.31. The Bertz CT molecular complexity index is 320. The van der Waals surface area contributed by atoms with E-state index in [1.165, 1.54) is 0 Å². The van der Waals surface area contributed by atoms with Crippen LogP contribution in [0.25, 0.3) is 0 Å². The van der Waals surface area contributed by atoms with E-state index in [1.54, 1.807) is 13.8 Å². The molecular formula is C13H24N2O3. The Balaban J connectivity index is 2.82. The summed E-state index contributed by atoms with van der Waals surface area (Å²) in [5.41, 5.74) is -0.470. The van der Waals surface area contributed by atoms with Gasteiger partial charge in [-0.25, -0.2) is 4.79 Å². The highest BCUT2D eigenvalue weighted by molar-refractivity contribution is 5.88. The van der Waals surface area contributed by atoms with E-state index in [9.17, 15) is 9.59 Å². The van der Waals surface area contributed by atoms with Crippen molar-refractivity contribution in [2.75, 3.05) is 13.1 Å². The van der Waals surface area contributed by atoms with Gasteiger partial charge in [0.1, 0.15) is 6.04 Å². The lowest BCUT2D eigenvalue weighted by Gasteiger charge is -2.33. The summed E-state index contributed by atoms with van der Waals surface area (Å²) in [6, 6.07) is -0.811. The van der Waals surface area contributed by atoms with Crippen molar-refractivity contribution in [3.8, 4) is 0 Å². The molecule has 0 aromatic carbocycles. The van der Waals surface area contributed by atoms with Crippen molar-refractivity contribution >= 4 is 11.9 Å². The normalized spacial score (nSPS) is 25.4. The van der Waals surface area contributed by atoms with Crippen molar-refractivity contribution in [3.05, 3.63) is 0 Å². The quantitative estimate of drug-likeness (QED) is 0.681. The molecule has 0 spiro atoms. The second-order valence-electron chi connectivity index (χ2n) is 5.77. The van der Waals surface area contributed by atoms with E-state index < -0.39 is 17.4 Å². The molecule has 0 bridgehead atoms. The summed E-state index contributed by atoms with van der Waals surface area (Å²) >= 11 is 0. The van der Waals surface area contributed by atoms with Crippen molar-refractivity contribution in [2.45, 2.75) is 40.2 Å². The first-order valence-electron chi connectivity index (χ1n) is 6.55. The Morgan fingerprint density at radius 3 is 2.22 bits per heavy atom. The second-order valence-corrected chi connectivity index (χ2v) is 5.77. The predicted molar refractivity (Wildman–Crippen MR) is 69.2 cm³/mol. The molecule has 2 atom stereocenters. The third-order valence-electron chi connectivity index (χ3n) is 3.97. The number of hydrogen-bond donors (Lipinski definition) is 3. The molecular weight excluding hydrogens is 232 g/mol. The molecule has 1 fully saturated rings. The van der Waals surface area contributed by atoms with E-state index in [1.807, 2.05) is 13.8 Å². The zero-order valence-corrected chi connectivity index (χ0v) is 11.6. The molecule has 1 saturated heterocycles. The molecule has 104 valence electrons. The molecule has 0 radical (unpaired) electrons. The fourth-order valence-corrected chi connectivity index (χ4v) is 2.46. The van der Waals surface area contributed by atoms with Crippen LogP contribution in [0.2, 0.25) is 0 Å². The van der Waals surface area contributed by atoms with Gasteiger partial charge in [0.15, 0.2) is 0 Å². The molecule has 1 aliphatic rings. The third-order valence-corrected chi connectivity index (χ3v) is 3.97. The van der Waals surface area contributed by atoms with Gasteiger partial charge in [-0.2, -0.15) is 0 Å². The van der Waals surface area contributed by atoms with Crippen LogP contribution in [0.1, 0.15) is 34.1 Å². The number of rotatable bonds is 5. The lowest BCUT2D eigenvalue weighted by atomic mass is 9.75. The summed E-state index contributed by atoms with van der Waals surface area (Å²) in [7, 11) is 0. The van der Waals surface area contributed by atoms with Crippen LogP contribution in [-0.2, 0) is 9.59 Å². The van der Waals surface area contributed by atoms with Crippen molar-refractivity contribution in [1.29, 1.82) is 0 Å². The maximum Gasteiger partial charge on any atom is 0.326 e. The van der Waals surface area contributed by atoms with Crippen LogP contribution in [0, 0.1) is 17.3 Å². The van der Waals surface area contributed by atoms with Gasteiger partial charge in [0.2, 0.25) is 5.91 Å². The molecule has 1 unspecified atom stereocenters. The lowest BCUT2D eigenvalue weighted by molar-refractivity contribution is -0.145. The van der Waals surface area contributed by atoms with Gasteiger partial charge in [-0.3, -0.25) is 4.79 Å². The van der Waals surface area contributed by atoms with Crippen LogP contribution in [0.4, 0.5) is 0 Å². The number of carboxylic acids is 1. The van der Waals surface area contributed by atoms with Crippen molar-refractivity contribution in [2.24, 2.45) is 17.3 Å². The maximum absolute atomic E-state index is 12.4. The molecule has 0 aromatic heterocycles. The smallest absolute Gasteiger partial charge is 0.326 e. The molecule has 0 aromatic rings. The summed E-state index contributed by atoms with van der Waals surface area (Å²) in [6.07, 6.45) is 0.765. The minimum atomic E-state index is -0.969. The number of aliphatic carboxylic acids is 1. The van der Waals surface area contributed by atoms with Crippen molar-refractivity contribution in [3.63, 3.8) is 0 Å². The van der Waals surface area contributed by atoms with Gasteiger partial charge in [0, 0.05) is 6.54 Å². The van der Waals surface area contributed by atoms with Gasteiger partial charge < -0.3 is 15.7 Å². The second kappa shape index (κ2) is 5.69. The van der Waals surface area contributed by atoms with E-state index in [0.29, 0.717) is 6.54 Å². The summed E-state index contributed by atoms with van der Waals surface area (Å²) in [6.45, 7) is 9.06. The Labute approximate surface area is 108 Å². The first-order valence-corrected chi connectivity index (χ1v) is 6.55. The van der Waals surface area contributed by atoms with Gasteiger partial charge in [-0.05, 0) is 24.8 Å². The largest absolute Gasteiger partial charge is 0.480 e. The van der Waals surface area contributed by atoms with Gasteiger partial charge in [0.25, 0.3) is 0 Å². The fraction of sp³-hybridized carbons (Fsp3) is 0.846. The third kappa shape index (κ3) is 2.83. The van der Waals surface area contributed by atoms with Crippen molar-refractivity contribution < 1.29 is 14.7 Å². The standard InChI is InChI=1S/C13H24N2O3/c1-8(2)10(11(16)17)15-12(18)13(9(3)4)5-6-14-7-13/h8-10,14H,5-7H2,1-4H3,(H,15,18)(H,16,17)/t10-,13?/m0/s1. The Morgan fingerprint density at radius 1 is 1.28 bits per heavy atom. The van der Waals surface area contributed by atoms with Gasteiger partial charge in [-0.1, -0.05) is 27.7 Å². The van der Waals surface area contributed by atoms with Gasteiger partial charge in [-0.15, -0.1) is 0 Å². The van der Waals surface area contributed by atoms with E-state index in [-0.39, 0.29) is 17.7 Å². The van der Waals surface area contributed by atoms with Crippen LogP contribution in [-0.4, -0.2) is 36.1 Å². The lowest BCUT2D eigenvalue weighted by Crippen LogP contribution is -2.53. The zero-order chi connectivity index (χ0) is 13.9. The molecule has 1 amide bonds. The number of carboxylic acid groups (broad SMARTS) is 1. The molecule has 5 nitrogen and oxygen atoms in total. The summed E-state index contributed by atoms with van der Waals surface area (Å²) in [4.78, 5) is 23.5. The van der Waals surface area contributed by atoms with Crippen LogP contribution in [0.15, 0.2) is 0 Å². The maximum atomic E-state index is 12.4. The molecule has 1 rings (SSSR count). The van der Waals surface area contributed by atoms with Crippen LogP contribution >= 0.6 is 0 Å². The minimum Gasteiger partial charge on any atom is -0.480 e. The highest BCUT2D eigenvalue weighted by Crippen LogP contribution is 2.34. The van der Waals surface area contributed by atoms with E-state index in [4.69, 9.17) is 5.11 Å². The molecule has 0 aliphatic carbocycles. The van der Waals surface area contributed by atoms with Crippen LogP contribution in [0.3, 0.4) is 0 Å². The Kier molecular flexibility index (Phi) is 4.73. The molecule has 5 heteroatoms. The number of carbonyl (C=O) groups is 2. The monoisotopic (exact) mass is 256 g/mol. The highest BCUT2D eigenvalue weighted by atomic mass is 16.4. The Morgan fingerprint density at radius 2 is 1.89 bits per heavy atom. The molecule has 18 heavy (non-hydrogen) atoms. The SMILES string of the molecule is CC(C)[C@H](NC(=O)C1(C(C)C)CCNC1)C(=O)O. The van der Waals surface area contributed by atoms with E-state index in [2.05, 4.69) is 10.6 Å². The highest BCUT2D eigenvalue weighted by Gasteiger charge is 2.45. The number of amides is 1. The van der Waals surface area contributed by atoms with Crippen LogP contribution in [0.5, 0.6) is 0 Å². The average molecular weight is 256 g/mol. The molecule has 1 aliphatic heterocycles. The average Bonchev–Trinajstić information content (AvgIpc) is 2.74. The Hall–Kier alpha value is -1.10. The van der Waals surface area contributed by atoms with E-state index >= 15 is 0 Å². The molecule has 0 saturated carbocycles. The number of carbonyl (C=O) groups excluding carboxylic acids is 1. The zero-order valence-electron chi connectivity index (χ0n) is 11.6. The number of nitrogens with one attached hydrogen (secondary N) is 2. The van der Waals surface area contributed by atoms with Crippen LogP contribution < -0.4 is 10.6 Å². The molecule has 3 N–H and O–H groups in total. The summed E-state index contributed by atoms with van der Waals surface area (Å²) in [5, 5.41) is 15.0. The predicted octanol–water partition coefficient (Wildman–Crippen LogP) is 0.847. The summed E-state index contributed by atoms with van der Waals surface area (Å²) < 4.78 is 0. The van der Waals surface area contributed by atoms with E-state index in [0.717, 1.165) is 13.0 Å². The minimum absolute atomic E-state index is 0.120. The number of hydrogen-bond acceptors (Lipinski definition) is 3. The topological polar surface area (TPSA) is 78.4 Å². The first kappa shape index (κ1) is 15.0.